The van der Waals surface area contributed by atoms with Gasteiger partial charge in [-0.15, -0.1) is 0 Å². The number of nitriles is 1. The minimum atomic E-state index is -4.57. The van der Waals surface area contributed by atoms with Gasteiger partial charge in [-0.3, -0.25) is 9.69 Å². The zero-order chi connectivity index (χ0) is 26.4. The van der Waals surface area contributed by atoms with Gasteiger partial charge in [0.2, 0.25) is 5.91 Å². The number of nitrogens with one attached hydrogen (secondary N) is 1. The van der Waals surface area contributed by atoms with Gasteiger partial charge >= 0.3 is 6.18 Å². The summed E-state index contributed by atoms with van der Waals surface area (Å²) >= 11 is 0. The molecule has 9 heteroatoms. The van der Waals surface area contributed by atoms with Gasteiger partial charge in [-0.1, -0.05) is 25.1 Å². The number of alkyl halides is 3. The molecule has 2 fully saturated rings. The molecule has 0 radical (unpaired) electrons. The van der Waals surface area contributed by atoms with Crippen LogP contribution >= 0.6 is 0 Å². The van der Waals surface area contributed by atoms with Crippen LogP contribution in [0.3, 0.4) is 0 Å². The Hall–Kier alpha value is -3.25. The number of aryl methyl sites for hydroxylation is 1. The first-order chi connectivity index (χ1) is 17.7. The third kappa shape index (κ3) is 7.64. The number of piperazine rings is 1. The van der Waals surface area contributed by atoms with E-state index in [4.69, 9.17) is 5.26 Å². The number of rotatable bonds is 7. The van der Waals surface area contributed by atoms with Gasteiger partial charge in [-0.2, -0.15) is 18.4 Å². The fourth-order valence-corrected chi connectivity index (χ4v) is 5.09. The summed E-state index contributed by atoms with van der Waals surface area (Å²) in [6, 6.07) is 14.1. The molecular weight excluding hydrogens is 491 g/mol. The van der Waals surface area contributed by atoms with Crippen LogP contribution in [0.5, 0.6) is 0 Å². The van der Waals surface area contributed by atoms with Gasteiger partial charge < -0.3 is 15.1 Å². The van der Waals surface area contributed by atoms with Crippen LogP contribution in [-0.2, 0) is 11.0 Å². The molecule has 206 valence electrons. The molecule has 0 spiro atoms. The number of hydrogen-bond acceptors (Lipinski definition) is 5. The van der Waals surface area contributed by atoms with Gasteiger partial charge in [0.1, 0.15) is 0 Å². The molecule has 0 bridgehead atoms. The summed E-state index contributed by atoms with van der Waals surface area (Å²) in [4.78, 5) is 19.2. The minimum Gasteiger partial charge on any atom is -0.371 e. The predicted molar refractivity (Wildman–Crippen MR) is 145 cm³/mol. The maximum Gasteiger partial charge on any atom is 0.417 e. The number of nitrogens with zero attached hydrogens (tertiary/aromatic N) is 4. The van der Waals surface area contributed by atoms with Crippen molar-refractivity contribution in [2.45, 2.75) is 52.3 Å². The van der Waals surface area contributed by atoms with Crippen molar-refractivity contribution in [3.63, 3.8) is 0 Å². The Morgan fingerprint density at radius 1 is 0.974 bits per heavy atom. The molecule has 0 aromatic heterocycles. The minimum absolute atomic E-state index is 0. The Morgan fingerprint density at radius 2 is 1.58 bits per heavy atom. The van der Waals surface area contributed by atoms with E-state index in [0.717, 1.165) is 45.2 Å². The lowest BCUT2D eigenvalue weighted by Crippen LogP contribution is -2.47. The topological polar surface area (TPSA) is 62.6 Å². The number of amides is 1. The van der Waals surface area contributed by atoms with E-state index in [1.165, 1.54) is 17.3 Å². The second kappa shape index (κ2) is 13.0. The molecule has 2 saturated heterocycles. The van der Waals surface area contributed by atoms with Gasteiger partial charge in [0.15, 0.2) is 0 Å². The van der Waals surface area contributed by atoms with Gasteiger partial charge in [0.05, 0.1) is 17.2 Å². The molecule has 0 aliphatic carbocycles. The fourth-order valence-electron chi connectivity index (χ4n) is 5.09. The quantitative estimate of drug-likeness (QED) is 0.534. The molecular formula is C29H38F3N5O. The van der Waals surface area contributed by atoms with E-state index in [1.807, 2.05) is 4.90 Å². The number of piperidine rings is 1. The molecule has 2 aliphatic rings. The molecule has 0 saturated carbocycles. The molecule has 1 amide bonds. The SMILES string of the molecule is C.Cc1ccc(N2CCN(CCCC(=O)NC3CCN(c4ccc(C#N)c(C(F)(F)F)c4)CC3)CC2)cc1. The smallest absolute Gasteiger partial charge is 0.371 e. The lowest BCUT2D eigenvalue weighted by atomic mass is 10.0. The first-order valence-electron chi connectivity index (χ1n) is 12.9. The van der Waals surface area contributed by atoms with Crippen molar-refractivity contribution in [1.29, 1.82) is 5.26 Å². The van der Waals surface area contributed by atoms with E-state index < -0.39 is 11.7 Å². The molecule has 0 unspecified atom stereocenters. The molecule has 6 nitrogen and oxygen atoms in total. The summed E-state index contributed by atoms with van der Waals surface area (Å²) in [6.45, 7) is 8.04. The van der Waals surface area contributed by atoms with Crippen LogP contribution in [0.1, 0.15) is 49.8 Å². The van der Waals surface area contributed by atoms with E-state index >= 15 is 0 Å². The summed E-state index contributed by atoms with van der Waals surface area (Å²) in [5.41, 5.74) is 1.71. The highest BCUT2D eigenvalue weighted by Gasteiger charge is 2.34. The lowest BCUT2D eigenvalue weighted by Gasteiger charge is -2.36. The van der Waals surface area contributed by atoms with E-state index in [-0.39, 0.29) is 24.9 Å². The Kier molecular flexibility index (Phi) is 10.0. The highest BCUT2D eigenvalue weighted by molar-refractivity contribution is 5.76. The van der Waals surface area contributed by atoms with Gasteiger partial charge in [-0.25, -0.2) is 0 Å². The molecule has 2 aromatic rings. The van der Waals surface area contributed by atoms with Crippen LogP contribution in [0.2, 0.25) is 0 Å². The molecule has 2 heterocycles. The lowest BCUT2D eigenvalue weighted by molar-refractivity contribution is -0.137. The van der Waals surface area contributed by atoms with Gasteiger partial charge in [0.25, 0.3) is 0 Å². The average molecular weight is 530 g/mol. The summed E-state index contributed by atoms with van der Waals surface area (Å²) in [5.74, 6) is 0.0365. The highest BCUT2D eigenvalue weighted by atomic mass is 19.4. The largest absolute Gasteiger partial charge is 0.417 e. The maximum absolute atomic E-state index is 13.3. The van der Waals surface area contributed by atoms with Crippen LogP contribution < -0.4 is 15.1 Å². The van der Waals surface area contributed by atoms with Crippen molar-refractivity contribution in [2.24, 2.45) is 0 Å². The highest BCUT2D eigenvalue weighted by Crippen LogP contribution is 2.35. The monoisotopic (exact) mass is 529 g/mol. The number of carbonyl (C=O) groups is 1. The van der Waals surface area contributed by atoms with Crippen molar-refractivity contribution in [2.75, 3.05) is 55.6 Å². The first kappa shape index (κ1) is 29.3. The zero-order valence-electron chi connectivity index (χ0n) is 21.2. The Morgan fingerprint density at radius 3 is 2.18 bits per heavy atom. The van der Waals surface area contributed by atoms with Crippen molar-refractivity contribution < 1.29 is 18.0 Å². The standard InChI is InChI=1S/C28H34F3N5O.CH4/c1-21-4-7-24(8-5-21)36-17-15-34(16-18-36)12-2-3-27(37)33-23-10-13-35(14-11-23)25-9-6-22(20-32)26(19-25)28(29,30)31;/h4-9,19,23H,2-3,10-18H2,1H3,(H,33,37);1H4. The zero-order valence-corrected chi connectivity index (χ0v) is 21.2. The summed E-state index contributed by atoms with van der Waals surface area (Å²) in [7, 11) is 0. The summed E-state index contributed by atoms with van der Waals surface area (Å²) in [6.07, 6.45) is -1.94. The molecule has 2 aliphatic heterocycles. The summed E-state index contributed by atoms with van der Waals surface area (Å²) in [5, 5.41) is 12.1. The van der Waals surface area contributed by atoms with E-state index in [1.54, 1.807) is 12.1 Å². The second-order valence-corrected chi connectivity index (χ2v) is 9.94. The predicted octanol–water partition coefficient (Wildman–Crippen LogP) is 5.21. The van der Waals surface area contributed by atoms with E-state index in [0.29, 0.717) is 38.0 Å². The number of carbonyl (C=O) groups excluding carboxylic acids is 1. The van der Waals surface area contributed by atoms with Gasteiger partial charge in [-0.05, 0) is 63.1 Å². The second-order valence-electron chi connectivity index (χ2n) is 9.94. The number of hydrogen-bond donors (Lipinski definition) is 1. The third-order valence-corrected chi connectivity index (χ3v) is 7.30. The molecule has 1 N–H and O–H groups in total. The van der Waals surface area contributed by atoms with E-state index in [2.05, 4.69) is 46.3 Å². The number of benzene rings is 2. The maximum atomic E-state index is 13.3. The number of anilines is 2. The number of halogens is 3. The fraction of sp³-hybridized carbons (Fsp3) is 0.517. The van der Waals surface area contributed by atoms with Gasteiger partial charge in [0, 0.05) is 63.1 Å². The Bertz CT molecular complexity index is 1100. The van der Waals surface area contributed by atoms with Crippen molar-refractivity contribution in [1.82, 2.24) is 10.2 Å². The molecule has 0 atom stereocenters. The first-order valence-corrected chi connectivity index (χ1v) is 12.9. The van der Waals surface area contributed by atoms with Crippen LogP contribution in [0.25, 0.3) is 0 Å². The van der Waals surface area contributed by atoms with Crippen molar-refractivity contribution in [3.8, 4) is 6.07 Å². The summed E-state index contributed by atoms with van der Waals surface area (Å²) < 4.78 is 39.9. The van der Waals surface area contributed by atoms with E-state index in [9.17, 15) is 18.0 Å². The molecule has 2 aromatic carbocycles. The van der Waals surface area contributed by atoms with Crippen LogP contribution in [0, 0.1) is 18.3 Å². The van der Waals surface area contributed by atoms with Crippen LogP contribution in [0.15, 0.2) is 42.5 Å². The average Bonchev–Trinajstić information content (AvgIpc) is 2.89. The van der Waals surface area contributed by atoms with Crippen molar-refractivity contribution in [3.05, 3.63) is 59.2 Å². The Labute approximate surface area is 224 Å². The molecule has 38 heavy (non-hydrogen) atoms. The third-order valence-electron chi connectivity index (χ3n) is 7.30. The van der Waals surface area contributed by atoms with Crippen LogP contribution in [-0.4, -0.2) is 62.7 Å². The van der Waals surface area contributed by atoms with Crippen molar-refractivity contribution >= 4 is 17.3 Å². The Balaban J connectivity index is 0.00000400. The normalized spacial score (nSPS) is 17.0. The van der Waals surface area contributed by atoms with Crippen LogP contribution in [0.4, 0.5) is 24.5 Å². The molecule has 4 rings (SSSR count).